The third-order valence-corrected chi connectivity index (χ3v) is 2.02. The van der Waals surface area contributed by atoms with Gasteiger partial charge in [0.25, 0.3) is 0 Å². The molecule has 0 fully saturated rings. The van der Waals surface area contributed by atoms with Crippen molar-refractivity contribution < 1.29 is 0 Å². The topological polar surface area (TPSA) is 26.0 Å². The van der Waals surface area contributed by atoms with Crippen molar-refractivity contribution in [2.24, 2.45) is 23.5 Å². The summed E-state index contributed by atoms with van der Waals surface area (Å²) in [5.74, 6) is 2.25. The lowest BCUT2D eigenvalue weighted by atomic mass is 9.88. The minimum absolute atomic E-state index is 0.722. The van der Waals surface area contributed by atoms with Gasteiger partial charge in [0, 0.05) is 0 Å². The third kappa shape index (κ3) is 3.89. The van der Waals surface area contributed by atoms with Crippen LogP contribution in [0.4, 0.5) is 0 Å². The summed E-state index contributed by atoms with van der Waals surface area (Å²) in [6, 6.07) is 0. The average Bonchev–Trinajstić information content (AvgIpc) is 1.81. The van der Waals surface area contributed by atoms with E-state index in [1.54, 1.807) is 0 Å². The Bertz CT molecular complexity index is 76.8. The van der Waals surface area contributed by atoms with Crippen LogP contribution in [-0.4, -0.2) is 6.54 Å². The normalized spacial score (nSPS) is 14.7. The van der Waals surface area contributed by atoms with E-state index in [2.05, 4.69) is 27.7 Å². The molecule has 62 valence electrons. The molecule has 0 aliphatic heterocycles. The molecule has 1 unspecified atom stereocenters. The van der Waals surface area contributed by atoms with Crippen molar-refractivity contribution in [3.63, 3.8) is 0 Å². The second-order valence-electron chi connectivity index (χ2n) is 3.87. The minimum Gasteiger partial charge on any atom is -0.330 e. The lowest BCUT2D eigenvalue weighted by Gasteiger charge is -2.20. The van der Waals surface area contributed by atoms with Gasteiger partial charge in [-0.1, -0.05) is 27.7 Å². The van der Waals surface area contributed by atoms with E-state index in [4.69, 9.17) is 5.73 Å². The van der Waals surface area contributed by atoms with Gasteiger partial charge in [-0.3, -0.25) is 0 Å². The highest BCUT2D eigenvalue weighted by Crippen LogP contribution is 2.18. The molecule has 1 atom stereocenters. The molecule has 1 heteroatoms. The summed E-state index contributed by atoms with van der Waals surface area (Å²) in [5, 5.41) is 0. The highest BCUT2D eigenvalue weighted by molar-refractivity contribution is 4.65. The Morgan fingerprint density at radius 3 is 1.70 bits per heavy atom. The fraction of sp³-hybridized carbons (Fsp3) is 1.00. The van der Waals surface area contributed by atoms with Gasteiger partial charge in [-0.05, 0) is 30.7 Å². The molecule has 0 spiro atoms. The van der Waals surface area contributed by atoms with Crippen LogP contribution in [0.15, 0.2) is 0 Å². The largest absolute Gasteiger partial charge is 0.330 e. The van der Waals surface area contributed by atoms with E-state index >= 15 is 0 Å². The quantitative estimate of drug-likeness (QED) is 0.642. The zero-order chi connectivity index (χ0) is 8.15. The molecule has 0 amide bonds. The molecule has 0 aliphatic rings. The SMILES string of the molecule is CC(C)CC(CN)C(C)C. The van der Waals surface area contributed by atoms with Gasteiger partial charge in [0.1, 0.15) is 0 Å². The van der Waals surface area contributed by atoms with Crippen molar-refractivity contribution in [1.29, 1.82) is 0 Å². The first-order valence-corrected chi connectivity index (χ1v) is 4.28. The minimum atomic E-state index is 0.722. The molecular weight excluding hydrogens is 122 g/mol. The van der Waals surface area contributed by atoms with Gasteiger partial charge < -0.3 is 5.73 Å². The van der Waals surface area contributed by atoms with Crippen LogP contribution in [0.5, 0.6) is 0 Å². The zero-order valence-corrected chi connectivity index (χ0v) is 7.72. The van der Waals surface area contributed by atoms with Gasteiger partial charge in [-0.25, -0.2) is 0 Å². The van der Waals surface area contributed by atoms with Gasteiger partial charge >= 0.3 is 0 Å². The molecule has 0 heterocycles. The smallest absolute Gasteiger partial charge is 0.00463 e. The molecule has 0 saturated heterocycles. The van der Waals surface area contributed by atoms with Crippen molar-refractivity contribution in [2.45, 2.75) is 34.1 Å². The Morgan fingerprint density at radius 2 is 1.60 bits per heavy atom. The predicted octanol–water partition coefficient (Wildman–Crippen LogP) is 2.26. The van der Waals surface area contributed by atoms with Crippen LogP contribution in [0.2, 0.25) is 0 Å². The summed E-state index contributed by atoms with van der Waals surface area (Å²) >= 11 is 0. The van der Waals surface area contributed by atoms with E-state index in [1.807, 2.05) is 0 Å². The van der Waals surface area contributed by atoms with Crippen molar-refractivity contribution in [2.75, 3.05) is 6.54 Å². The van der Waals surface area contributed by atoms with E-state index in [0.717, 1.165) is 24.3 Å². The lowest BCUT2D eigenvalue weighted by Crippen LogP contribution is -2.21. The van der Waals surface area contributed by atoms with Crippen LogP contribution >= 0.6 is 0 Å². The number of rotatable bonds is 4. The van der Waals surface area contributed by atoms with Crippen molar-refractivity contribution in [1.82, 2.24) is 0 Å². The van der Waals surface area contributed by atoms with Crippen molar-refractivity contribution >= 4 is 0 Å². The summed E-state index contributed by atoms with van der Waals surface area (Å²) in [5.41, 5.74) is 5.62. The van der Waals surface area contributed by atoms with Crippen LogP contribution in [0.1, 0.15) is 34.1 Å². The van der Waals surface area contributed by atoms with Gasteiger partial charge in [0.15, 0.2) is 0 Å². The Kier molecular flexibility index (Phi) is 4.71. The summed E-state index contributed by atoms with van der Waals surface area (Å²) in [6.45, 7) is 9.85. The number of hydrogen-bond acceptors (Lipinski definition) is 1. The Morgan fingerprint density at radius 1 is 1.10 bits per heavy atom. The van der Waals surface area contributed by atoms with Crippen LogP contribution in [-0.2, 0) is 0 Å². The molecule has 0 saturated carbocycles. The molecule has 0 bridgehead atoms. The lowest BCUT2D eigenvalue weighted by molar-refractivity contribution is 0.325. The summed E-state index contributed by atoms with van der Waals surface area (Å²) in [7, 11) is 0. The zero-order valence-electron chi connectivity index (χ0n) is 7.72. The molecule has 0 radical (unpaired) electrons. The van der Waals surface area contributed by atoms with Crippen LogP contribution in [0, 0.1) is 17.8 Å². The first kappa shape index (κ1) is 9.96. The molecule has 0 aromatic rings. The molecule has 0 rings (SSSR count). The monoisotopic (exact) mass is 143 g/mol. The van der Waals surface area contributed by atoms with E-state index in [-0.39, 0.29) is 0 Å². The second kappa shape index (κ2) is 4.73. The Balaban J connectivity index is 3.60. The van der Waals surface area contributed by atoms with Crippen molar-refractivity contribution in [3.8, 4) is 0 Å². The van der Waals surface area contributed by atoms with Crippen LogP contribution < -0.4 is 5.73 Å². The molecular formula is C9H21N. The Hall–Kier alpha value is -0.0400. The van der Waals surface area contributed by atoms with Gasteiger partial charge in [-0.2, -0.15) is 0 Å². The molecule has 2 N–H and O–H groups in total. The maximum Gasteiger partial charge on any atom is -0.00463 e. The predicted molar refractivity (Wildman–Crippen MR) is 46.8 cm³/mol. The second-order valence-corrected chi connectivity index (χ2v) is 3.87. The average molecular weight is 143 g/mol. The van der Waals surface area contributed by atoms with E-state index in [9.17, 15) is 0 Å². The van der Waals surface area contributed by atoms with Crippen LogP contribution in [0.3, 0.4) is 0 Å². The highest BCUT2D eigenvalue weighted by atomic mass is 14.6. The summed E-state index contributed by atoms with van der Waals surface area (Å²) < 4.78 is 0. The maximum absolute atomic E-state index is 5.62. The third-order valence-electron chi connectivity index (χ3n) is 2.02. The fourth-order valence-corrected chi connectivity index (χ4v) is 1.25. The summed E-state index contributed by atoms with van der Waals surface area (Å²) in [4.78, 5) is 0. The van der Waals surface area contributed by atoms with E-state index in [1.165, 1.54) is 6.42 Å². The van der Waals surface area contributed by atoms with Crippen LogP contribution in [0.25, 0.3) is 0 Å². The molecule has 10 heavy (non-hydrogen) atoms. The number of hydrogen-bond donors (Lipinski definition) is 1. The fourth-order valence-electron chi connectivity index (χ4n) is 1.25. The van der Waals surface area contributed by atoms with Gasteiger partial charge in [0.05, 0.1) is 0 Å². The van der Waals surface area contributed by atoms with E-state index < -0.39 is 0 Å². The van der Waals surface area contributed by atoms with Crippen molar-refractivity contribution in [3.05, 3.63) is 0 Å². The standard InChI is InChI=1S/C9H21N/c1-7(2)5-9(6-10)8(3)4/h7-9H,5-6,10H2,1-4H3. The summed E-state index contributed by atoms with van der Waals surface area (Å²) in [6.07, 6.45) is 1.27. The molecule has 0 aromatic heterocycles. The first-order valence-electron chi connectivity index (χ1n) is 4.28. The maximum atomic E-state index is 5.62. The molecule has 0 aliphatic carbocycles. The molecule has 0 aromatic carbocycles. The number of nitrogens with two attached hydrogens (primary N) is 1. The molecule has 1 nitrogen and oxygen atoms in total. The highest BCUT2D eigenvalue weighted by Gasteiger charge is 2.12. The van der Waals surface area contributed by atoms with Gasteiger partial charge in [-0.15, -0.1) is 0 Å². The van der Waals surface area contributed by atoms with Gasteiger partial charge in [0.2, 0.25) is 0 Å². The van der Waals surface area contributed by atoms with E-state index in [0.29, 0.717) is 0 Å². The first-order chi connectivity index (χ1) is 4.57. The Labute approximate surface area is 65.0 Å².